The molecule has 0 aromatic heterocycles. The lowest BCUT2D eigenvalue weighted by Gasteiger charge is -2.21. The third-order valence-corrected chi connectivity index (χ3v) is 4.04. The van der Waals surface area contributed by atoms with Crippen LogP contribution in [-0.2, 0) is 4.79 Å². The van der Waals surface area contributed by atoms with Crippen LogP contribution in [0, 0.1) is 13.8 Å². The average molecular weight is 298 g/mol. The Morgan fingerprint density at radius 3 is 2.71 bits per heavy atom. The zero-order chi connectivity index (χ0) is 12.7. The van der Waals surface area contributed by atoms with Crippen LogP contribution in [0.4, 0.5) is 5.69 Å². The number of ether oxygens (including phenoxy) is 1. The van der Waals surface area contributed by atoms with Crippen molar-refractivity contribution in [3.8, 4) is 5.75 Å². The third kappa shape index (κ3) is 2.06. The molecule has 1 aliphatic rings. The second kappa shape index (κ2) is 4.33. The Morgan fingerprint density at radius 1 is 1.41 bits per heavy atom. The first-order valence-corrected chi connectivity index (χ1v) is 6.44. The maximum Gasteiger partial charge on any atom is 0.230 e. The molecular formula is C13H16BrNO2. The van der Waals surface area contributed by atoms with E-state index in [-0.39, 0.29) is 12.0 Å². The minimum Gasteiger partial charge on any atom is -0.487 e. The lowest BCUT2D eigenvalue weighted by molar-refractivity contribution is -0.119. The molecule has 0 fully saturated rings. The van der Waals surface area contributed by atoms with E-state index in [0.717, 1.165) is 27.0 Å². The van der Waals surface area contributed by atoms with Crippen LogP contribution < -0.4 is 9.64 Å². The van der Waals surface area contributed by atoms with Crippen molar-refractivity contribution in [3.05, 3.63) is 21.7 Å². The Hall–Kier alpha value is -1.03. The Kier molecular flexibility index (Phi) is 3.17. The van der Waals surface area contributed by atoms with Gasteiger partial charge < -0.3 is 9.64 Å². The molecule has 92 valence electrons. The van der Waals surface area contributed by atoms with Gasteiger partial charge in [-0.3, -0.25) is 4.79 Å². The number of hydrogen-bond acceptors (Lipinski definition) is 2. The number of carbonyl (C=O) groups excluding carboxylic acids is 1. The van der Waals surface area contributed by atoms with E-state index >= 15 is 0 Å². The molecule has 4 heteroatoms. The molecule has 3 nitrogen and oxygen atoms in total. The van der Waals surface area contributed by atoms with E-state index in [9.17, 15) is 4.79 Å². The summed E-state index contributed by atoms with van der Waals surface area (Å²) in [6.45, 7) is 5.95. The van der Waals surface area contributed by atoms with Crippen molar-refractivity contribution in [1.82, 2.24) is 0 Å². The number of rotatable bonds is 0. The fourth-order valence-corrected chi connectivity index (χ4v) is 2.59. The van der Waals surface area contributed by atoms with Gasteiger partial charge in [-0.15, -0.1) is 0 Å². The second-order valence-corrected chi connectivity index (χ2v) is 5.38. The average Bonchev–Trinajstić information content (AvgIpc) is 2.34. The van der Waals surface area contributed by atoms with E-state index in [1.807, 2.05) is 20.8 Å². The first kappa shape index (κ1) is 12.4. The zero-order valence-corrected chi connectivity index (χ0v) is 12.1. The molecule has 1 heterocycles. The smallest absolute Gasteiger partial charge is 0.230 e. The van der Waals surface area contributed by atoms with E-state index in [0.29, 0.717) is 6.42 Å². The number of fused-ring (bicyclic) bond motifs is 1. The number of amides is 1. The van der Waals surface area contributed by atoms with Crippen molar-refractivity contribution in [2.45, 2.75) is 33.3 Å². The molecule has 1 aliphatic heterocycles. The van der Waals surface area contributed by atoms with Crippen LogP contribution in [0.2, 0.25) is 0 Å². The lowest BCUT2D eigenvalue weighted by Crippen LogP contribution is -2.27. The van der Waals surface area contributed by atoms with Gasteiger partial charge in [-0.05, 0) is 47.8 Å². The predicted molar refractivity (Wildman–Crippen MR) is 71.7 cm³/mol. The zero-order valence-electron chi connectivity index (χ0n) is 10.5. The SMILES string of the molecule is Cc1cc(C)c2c(c1Br)OC(C)CC(=O)N2C. The van der Waals surface area contributed by atoms with Gasteiger partial charge in [-0.2, -0.15) is 0 Å². The summed E-state index contributed by atoms with van der Waals surface area (Å²) in [6, 6.07) is 2.06. The van der Waals surface area contributed by atoms with Crippen molar-refractivity contribution in [1.29, 1.82) is 0 Å². The maximum atomic E-state index is 12.0. The van der Waals surface area contributed by atoms with Gasteiger partial charge in [0.05, 0.1) is 16.6 Å². The van der Waals surface area contributed by atoms with Gasteiger partial charge in [0.15, 0.2) is 5.75 Å². The molecule has 0 bridgehead atoms. The van der Waals surface area contributed by atoms with Crippen LogP contribution in [0.15, 0.2) is 10.5 Å². The minimum atomic E-state index is -0.0938. The highest BCUT2D eigenvalue weighted by atomic mass is 79.9. The topological polar surface area (TPSA) is 29.5 Å². The van der Waals surface area contributed by atoms with E-state index in [2.05, 4.69) is 22.0 Å². The molecule has 1 atom stereocenters. The summed E-state index contributed by atoms with van der Waals surface area (Å²) in [4.78, 5) is 13.7. The quantitative estimate of drug-likeness (QED) is 0.736. The van der Waals surface area contributed by atoms with Crippen LogP contribution in [-0.4, -0.2) is 19.1 Å². The summed E-state index contributed by atoms with van der Waals surface area (Å²) in [7, 11) is 1.80. The summed E-state index contributed by atoms with van der Waals surface area (Å²) >= 11 is 3.55. The molecule has 17 heavy (non-hydrogen) atoms. The van der Waals surface area contributed by atoms with Crippen molar-refractivity contribution < 1.29 is 9.53 Å². The van der Waals surface area contributed by atoms with Gasteiger partial charge in [0.25, 0.3) is 0 Å². The Labute approximate surface area is 110 Å². The standard InChI is InChI=1S/C13H16BrNO2/c1-7-5-8(2)12-13(11(7)14)17-9(3)6-10(16)15(12)4/h5,9H,6H2,1-4H3. The van der Waals surface area contributed by atoms with E-state index in [4.69, 9.17) is 4.74 Å². The normalized spacial score (nSPS) is 19.7. The van der Waals surface area contributed by atoms with E-state index in [1.54, 1.807) is 11.9 Å². The van der Waals surface area contributed by atoms with Crippen molar-refractivity contribution in [2.75, 3.05) is 11.9 Å². The van der Waals surface area contributed by atoms with E-state index < -0.39 is 0 Å². The van der Waals surface area contributed by atoms with Gasteiger partial charge in [0, 0.05) is 7.05 Å². The highest BCUT2D eigenvalue weighted by Gasteiger charge is 2.27. The largest absolute Gasteiger partial charge is 0.487 e. The Balaban J connectivity index is 2.69. The fraction of sp³-hybridized carbons (Fsp3) is 0.462. The molecule has 0 N–H and O–H groups in total. The van der Waals surface area contributed by atoms with Crippen LogP contribution >= 0.6 is 15.9 Å². The maximum absolute atomic E-state index is 12.0. The van der Waals surface area contributed by atoms with Gasteiger partial charge >= 0.3 is 0 Å². The van der Waals surface area contributed by atoms with Gasteiger partial charge in [0.2, 0.25) is 5.91 Å². The van der Waals surface area contributed by atoms with Gasteiger partial charge in [0.1, 0.15) is 6.10 Å². The number of halogens is 1. The molecule has 1 aromatic carbocycles. The molecule has 0 aliphatic carbocycles. The number of anilines is 1. The molecule has 1 aromatic rings. The Morgan fingerprint density at radius 2 is 2.06 bits per heavy atom. The molecule has 0 radical (unpaired) electrons. The minimum absolute atomic E-state index is 0.0927. The number of hydrogen-bond donors (Lipinski definition) is 0. The molecule has 1 unspecified atom stereocenters. The Bertz CT molecular complexity index is 485. The highest BCUT2D eigenvalue weighted by Crippen LogP contribution is 2.42. The van der Waals surface area contributed by atoms with Crippen LogP contribution in [0.3, 0.4) is 0 Å². The first-order valence-electron chi connectivity index (χ1n) is 5.64. The van der Waals surface area contributed by atoms with Gasteiger partial charge in [-0.25, -0.2) is 0 Å². The number of carbonyl (C=O) groups is 1. The summed E-state index contributed by atoms with van der Waals surface area (Å²) in [5, 5.41) is 0. The number of nitrogens with zero attached hydrogens (tertiary/aromatic N) is 1. The molecule has 0 spiro atoms. The predicted octanol–water partition coefficient (Wildman–Crippen LogP) is 3.20. The highest BCUT2D eigenvalue weighted by molar-refractivity contribution is 9.10. The third-order valence-electron chi connectivity index (χ3n) is 3.06. The molecule has 0 saturated carbocycles. The number of benzene rings is 1. The van der Waals surface area contributed by atoms with Crippen LogP contribution in [0.5, 0.6) is 5.75 Å². The van der Waals surface area contributed by atoms with E-state index in [1.165, 1.54) is 0 Å². The van der Waals surface area contributed by atoms with Crippen molar-refractivity contribution in [3.63, 3.8) is 0 Å². The monoisotopic (exact) mass is 297 g/mol. The van der Waals surface area contributed by atoms with Gasteiger partial charge in [-0.1, -0.05) is 6.07 Å². The lowest BCUT2D eigenvalue weighted by atomic mass is 10.1. The first-order chi connectivity index (χ1) is 7.91. The van der Waals surface area contributed by atoms with Crippen LogP contribution in [0.1, 0.15) is 24.5 Å². The van der Waals surface area contributed by atoms with Crippen molar-refractivity contribution in [2.24, 2.45) is 0 Å². The molecule has 0 saturated heterocycles. The second-order valence-electron chi connectivity index (χ2n) is 4.59. The molecule has 1 amide bonds. The summed E-state index contributed by atoms with van der Waals surface area (Å²) in [6.07, 6.45) is 0.319. The fourth-order valence-electron chi connectivity index (χ4n) is 2.19. The number of aryl methyl sites for hydroxylation is 2. The summed E-state index contributed by atoms with van der Waals surface area (Å²) < 4.78 is 6.82. The van der Waals surface area contributed by atoms with Crippen molar-refractivity contribution >= 4 is 27.5 Å². The molecular weight excluding hydrogens is 282 g/mol. The van der Waals surface area contributed by atoms with Crippen LogP contribution in [0.25, 0.3) is 0 Å². The summed E-state index contributed by atoms with van der Waals surface area (Å²) in [5.74, 6) is 0.874. The molecule has 2 rings (SSSR count). The summed E-state index contributed by atoms with van der Waals surface area (Å²) in [5.41, 5.74) is 3.05.